The van der Waals surface area contributed by atoms with Crippen molar-refractivity contribution in [3.63, 3.8) is 0 Å². The molecule has 0 aromatic heterocycles. The Hall–Kier alpha value is -1.94. The van der Waals surface area contributed by atoms with Gasteiger partial charge in [0, 0.05) is 11.0 Å². The molecule has 1 aromatic rings. The maximum Gasteiger partial charge on any atom is 0.341 e. The number of carbonyl (C=O) groups excluding carboxylic acids is 2. The predicted molar refractivity (Wildman–Crippen MR) is 81.5 cm³/mol. The zero-order valence-corrected chi connectivity index (χ0v) is 13.5. The minimum atomic E-state index is -0.787. The van der Waals surface area contributed by atoms with E-state index in [0.717, 1.165) is 5.56 Å². The highest BCUT2D eigenvalue weighted by Gasteiger charge is 2.68. The van der Waals surface area contributed by atoms with Gasteiger partial charge >= 0.3 is 5.97 Å². The van der Waals surface area contributed by atoms with Crippen molar-refractivity contribution in [2.45, 2.75) is 38.9 Å². The number of ketones is 1. The molecule has 1 atom stereocenters. The van der Waals surface area contributed by atoms with Crippen LogP contribution in [0.25, 0.3) is 0 Å². The van der Waals surface area contributed by atoms with Crippen molar-refractivity contribution in [1.29, 1.82) is 0 Å². The summed E-state index contributed by atoms with van der Waals surface area (Å²) in [6, 6.07) is 7.31. The van der Waals surface area contributed by atoms with E-state index in [1.165, 1.54) is 7.11 Å². The molecular formula is C18H20O4. The summed E-state index contributed by atoms with van der Waals surface area (Å²) in [5.74, 6) is -0.930. The third-order valence-electron chi connectivity index (χ3n) is 5.42. The van der Waals surface area contributed by atoms with Gasteiger partial charge in [-0.25, -0.2) is 4.79 Å². The smallest absolute Gasteiger partial charge is 0.341 e. The number of fused-ring (bicyclic) bond motifs is 2. The first-order valence-corrected chi connectivity index (χ1v) is 7.33. The molecule has 2 aliphatic rings. The molecular weight excluding hydrogens is 280 g/mol. The summed E-state index contributed by atoms with van der Waals surface area (Å²) in [6.45, 7) is 8.22. The molecule has 3 rings (SSSR count). The predicted octanol–water partition coefficient (Wildman–Crippen LogP) is 3.01. The quantitative estimate of drug-likeness (QED) is 0.591. The summed E-state index contributed by atoms with van der Waals surface area (Å²) in [5.41, 5.74) is -0.0607. The lowest BCUT2D eigenvalue weighted by molar-refractivity contribution is -0.342. The Morgan fingerprint density at radius 1 is 1.14 bits per heavy atom. The molecule has 1 aromatic carbocycles. The zero-order valence-electron chi connectivity index (χ0n) is 13.5. The van der Waals surface area contributed by atoms with Gasteiger partial charge in [-0.1, -0.05) is 38.1 Å². The van der Waals surface area contributed by atoms with Gasteiger partial charge in [-0.3, -0.25) is 4.79 Å². The molecule has 4 heteroatoms. The molecule has 116 valence electrons. The van der Waals surface area contributed by atoms with Crippen molar-refractivity contribution < 1.29 is 19.1 Å². The van der Waals surface area contributed by atoms with Crippen molar-refractivity contribution in [3.05, 3.63) is 47.0 Å². The first-order valence-electron chi connectivity index (χ1n) is 7.33. The number of hydrogen-bond donors (Lipinski definition) is 0. The number of rotatable bonds is 1. The fraction of sp³-hybridized carbons (Fsp3) is 0.444. The van der Waals surface area contributed by atoms with E-state index in [9.17, 15) is 9.59 Å². The second-order valence-corrected chi connectivity index (χ2v) is 6.90. The van der Waals surface area contributed by atoms with Crippen molar-refractivity contribution in [2.24, 2.45) is 5.41 Å². The van der Waals surface area contributed by atoms with Crippen LogP contribution >= 0.6 is 0 Å². The van der Waals surface area contributed by atoms with E-state index < -0.39 is 11.6 Å². The van der Waals surface area contributed by atoms with Gasteiger partial charge in [-0.15, -0.1) is 0 Å². The molecule has 1 fully saturated rings. The molecule has 1 heterocycles. The number of ether oxygens (including phenoxy) is 2. The maximum absolute atomic E-state index is 12.6. The number of benzene rings is 1. The molecule has 1 aliphatic carbocycles. The Morgan fingerprint density at radius 2 is 1.77 bits per heavy atom. The topological polar surface area (TPSA) is 52.6 Å². The van der Waals surface area contributed by atoms with Crippen LogP contribution in [0.15, 0.2) is 35.9 Å². The summed E-state index contributed by atoms with van der Waals surface area (Å²) in [7, 11) is 1.28. The van der Waals surface area contributed by atoms with Gasteiger partial charge in [0.25, 0.3) is 0 Å². The average molecular weight is 300 g/mol. The van der Waals surface area contributed by atoms with E-state index in [4.69, 9.17) is 9.47 Å². The molecule has 0 saturated carbocycles. The highest BCUT2D eigenvalue weighted by atomic mass is 16.6. The minimum Gasteiger partial charge on any atom is -0.465 e. The van der Waals surface area contributed by atoms with Crippen LogP contribution in [0.1, 0.15) is 43.6 Å². The molecule has 0 bridgehead atoms. The largest absolute Gasteiger partial charge is 0.465 e. The van der Waals surface area contributed by atoms with E-state index >= 15 is 0 Å². The molecule has 1 unspecified atom stereocenters. The Morgan fingerprint density at radius 3 is 2.32 bits per heavy atom. The molecule has 0 amide bonds. The van der Waals surface area contributed by atoms with Gasteiger partial charge in [0.15, 0.2) is 0 Å². The number of Topliss-reactive ketones (excluding diaryl/α,β-unsaturated/α-hetero) is 1. The monoisotopic (exact) mass is 300 g/mol. The Kier molecular flexibility index (Phi) is 2.92. The van der Waals surface area contributed by atoms with E-state index in [1.807, 2.05) is 26.0 Å². The van der Waals surface area contributed by atoms with Crippen LogP contribution in [0.5, 0.6) is 0 Å². The highest BCUT2D eigenvalue weighted by molar-refractivity contribution is 6.25. The third kappa shape index (κ3) is 1.56. The number of hydrogen-bond acceptors (Lipinski definition) is 4. The van der Waals surface area contributed by atoms with Gasteiger partial charge in [-0.2, -0.15) is 0 Å². The normalized spacial score (nSPS) is 27.7. The van der Waals surface area contributed by atoms with Crippen molar-refractivity contribution >= 4 is 11.8 Å². The van der Waals surface area contributed by atoms with Crippen LogP contribution in [0.2, 0.25) is 0 Å². The average Bonchev–Trinajstić information content (AvgIpc) is 2.49. The Bertz CT molecular complexity index is 712. The summed E-state index contributed by atoms with van der Waals surface area (Å²) >= 11 is 0. The lowest BCUT2D eigenvalue weighted by atomic mass is 9.54. The SMILES string of the molecule is COC(=O)C1=CC2(OC(C)(C)C2(C)C)c2ccccc2C1=O. The number of carbonyl (C=O) groups is 2. The maximum atomic E-state index is 12.6. The van der Waals surface area contributed by atoms with E-state index in [2.05, 4.69) is 13.8 Å². The molecule has 4 nitrogen and oxygen atoms in total. The van der Waals surface area contributed by atoms with Gasteiger partial charge in [-0.05, 0) is 25.5 Å². The summed E-state index contributed by atoms with van der Waals surface area (Å²) in [6.07, 6.45) is 1.65. The van der Waals surface area contributed by atoms with Crippen LogP contribution in [0.4, 0.5) is 0 Å². The van der Waals surface area contributed by atoms with Crippen LogP contribution in [-0.4, -0.2) is 24.5 Å². The van der Waals surface area contributed by atoms with Gasteiger partial charge in [0.2, 0.25) is 5.78 Å². The molecule has 22 heavy (non-hydrogen) atoms. The second kappa shape index (κ2) is 4.29. The zero-order chi connectivity index (χ0) is 16.3. The van der Waals surface area contributed by atoms with Crippen LogP contribution in [0.3, 0.4) is 0 Å². The molecule has 0 radical (unpaired) electrons. The lowest BCUT2D eigenvalue weighted by Crippen LogP contribution is -2.70. The van der Waals surface area contributed by atoms with Crippen LogP contribution in [0, 0.1) is 5.41 Å². The Balaban J connectivity index is 2.27. The van der Waals surface area contributed by atoms with Gasteiger partial charge < -0.3 is 9.47 Å². The standard InChI is InChI=1S/C18H20O4/c1-16(2)17(3,4)22-18(16)10-12(15(20)21-5)14(19)11-8-6-7-9-13(11)18/h6-10H,1-5H3. The van der Waals surface area contributed by atoms with Crippen LogP contribution in [-0.2, 0) is 19.9 Å². The fourth-order valence-electron chi connectivity index (χ4n) is 3.42. The summed E-state index contributed by atoms with van der Waals surface area (Å²) in [4.78, 5) is 24.6. The molecule has 1 aliphatic heterocycles. The lowest BCUT2D eigenvalue weighted by Gasteiger charge is -2.66. The van der Waals surface area contributed by atoms with Crippen molar-refractivity contribution in [3.8, 4) is 0 Å². The molecule has 0 N–H and O–H groups in total. The molecule has 1 spiro atoms. The van der Waals surface area contributed by atoms with Gasteiger partial charge in [0.05, 0.1) is 12.7 Å². The number of esters is 1. The van der Waals surface area contributed by atoms with Crippen molar-refractivity contribution in [1.82, 2.24) is 0 Å². The van der Waals surface area contributed by atoms with E-state index in [-0.39, 0.29) is 22.4 Å². The van der Waals surface area contributed by atoms with Gasteiger partial charge in [0.1, 0.15) is 11.2 Å². The first-order chi connectivity index (χ1) is 10.2. The fourth-order valence-corrected chi connectivity index (χ4v) is 3.42. The number of methoxy groups -OCH3 is 1. The Labute approximate surface area is 130 Å². The highest BCUT2D eigenvalue weighted by Crippen LogP contribution is 2.64. The molecule has 1 saturated heterocycles. The summed E-state index contributed by atoms with van der Waals surface area (Å²) < 4.78 is 11.0. The third-order valence-corrected chi connectivity index (χ3v) is 5.42. The first kappa shape index (κ1) is 15.0. The summed E-state index contributed by atoms with van der Waals surface area (Å²) in [5, 5.41) is 0. The van der Waals surface area contributed by atoms with E-state index in [1.54, 1.807) is 18.2 Å². The second-order valence-electron chi connectivity index (χ2n) is 6.90. The minimum absolute atomic E-state index is 0.0461. The van der Waals surface area contributed by atoms with Crippen molar-refractivity contribution in [2.75, 3.05) is 7.11 Å². The van der Waals surface area contributed by atoms with E-state index in [0.29, 0.717) is 5.56 Å². The van der Waals surface area contributed by atoms with Crippen LogP contribution < -0.4 is 0 Å².